The van der Waals surface area contributed by atoms with E-state index < -0.39 is 4.92 Å². The minimum atomic E-state index is -0.431. The standard InChI is InChI=1S/C14H13Cl2N3O2/c1-9-4-6-17-14(13(9)19(20)21)18-7-5-10-2-3-11(15)8-12(10)16/h2-4,6,8H,5,7H2,1H3,(H,17,18). The van der Waals surface area contributed by atoms with Crippen molar-refractivity contribution in [3.8, 4) is 0 Å². The Labute approximate surface area is 132 Å². The van der Waals surface area contributed by atoms with E-state index in [0.717, 1.165) is 5.56 Å². The van der Waals surface area contributed by atoms with Crippen molar-refractivity contribution in [1.29, 1.82) is 0 Å². The van der Waals surface area contributed by atoms with E-state index >= 15 is 0 Å². The summed E-state index contributed by atoms with van der Waals surface area (Å²) in [4.78, 5) is 14.6. The molecule has 5 nitrogen and oxygen atoms in total. The Hall–Kier alpha value is -1.85. The fraction of sp³-hybridized carbons (Fsp3) is 0.214. The Morgan fingerprint density at radius 2 is 2.10 bits per heavy atom. The summed E-state index contributed by atoms with van der Waals surface area (Å²) < 4.78 is 0. The number of halogens is 2. The quantitative estimate of drug-likeness (QED) is 0.658. The molecule has 1 aromatic carbocycles. The number of rotatable bonds is 5. The van der Waals surface area contributed by atoms with Crippen LogP contribution in [-0.4, -0.2) is 16.5 Å². The van der Waals surface area contributed by atoms with Crippen LogP contribution >= 0.6 is 23.2 Å². The van der Waals surface area contributed by atoms with Gasteiger partial charge < -0.3 is 5.32 Å². The van der Waals surface area contributed by atoms with E-state index in [4.69, 9.17) is 23.2 Å². The third-order valence-electron chi connectivity index (χ3n) is 3.01. The monoisotopic (exact) mass is 325 g/mol. The third-order valence-corrected chi connectivity index (χ3v) is 3.60. The average molecular weight is 326 g/mol. The van der Waals surface area contributed by atoms with E-state index in [1.807, 2.05) is 6.07 Å². The summed E-state index contributed by atoms with van der Waals surface area (Å²) in [6, 6.07) is 6.88. The molecule has 110 valence electrons. The highest BCUT2D eigenvalue weighted by Gasteiger charge is 2.17. The second kappa shape index (κ2) is 6.74. The number of aromatic nitrogens is 1. The van der Waals surface area contributed by atoms with Gasteiger partial charge in [-0.15, -0.1) is 0 Å². The number of hydrogen-bond donors (Lipinski definition) is 1. The van der Waals surface area contributed by atoms with Crippen molar-refractivity contribution in [2.75, 3.05) is 11.9 Å². The number of anilines is 1. The zero-order chi connectivity index (χ0) is 15.4. The smallest absolute Gasteiger partial charge is 0.314 e. The Kier molecular flexibility index (Phi) is 4.98. The van der Waals surface area contributed by atoms with E-state index in [2.05, 4.69) is 10.3 Å². The summed E-state index contributed by atoms with van der Waals surface area (Å²) in [7, 11) is 0. The molecule has 21 heavy (non-hydrogen) atoms. The largest absolute Gasteiger partial charge is 0.364 e. The van der Waals surface area contributed by atoms with Crippen molar-refractivity contribution < 1.29 is 4.92 Å². The van der Waals surface area contributed by atoms with Gasteiger partial charge in [-0.1, -0.05) is 29.3 Å². The van der Waals surface area contributed by atoms with E-state index in [-0.39, 0.29) is 11.5 Å². The summed E-state index contributed by atoms with van der Waals surface area (Å²) in [6.07, 6.45) is 2.16. The second-order valence-electron chi connectivity index (χ2n) is 4.49. The molecule has 0 aliphatic heterocycles. The van der Waals surface area contributed by atoms with E-state index in [0.29, 0.717) is 28.6 Å². The van der Waals surface area contributed by atoms with Crippen molar-refractivity contribution in [3.63, 3.8) is 0 Å². The molecule has 0 bridgehead atoms. The van der Waals surface area contributed by atoms with Gasteiger partial charge in [-0.2, -0.15) is 0 Å². The molecule has 0 amide bonds. The van der Waals surface area contributed by atoms with Gasteiger partial charge in [0, 0.05) is 28.4 Å². The second-order valence-corrected chi connectivity index (χ2v) is 5.34. The van der Waals surface area contributed by atoms with Gasteiger partial charge in [-0.25, -0.2) is 4.98 Å². The minimum Gasteiger partial charge on any atom is -0.364 e. The van der Waals surface area contributed by atoms with Gasteiger partial charge in [0.1, 0.15) is 0 Å². The lowest BCUT2D eigenvalue weighted by Crippen LogP contribution is -2.09. The summed E-state index contributed by atoms with van der Waals surface area (Å²) >= 11 is 11.9. The summed E-state index contributed by atoms with van der Waals surface area (Å²) in [5.74, 6) is 0.269. The van der Waals surface area contributed by atoms with Gasteiger partial charge in [0.05, 0.1) is 4.92 Å². The van der Waals surface area contributed by atoms with Crippen molar-refractivity contribution in [2.24, 2.45) is 0 Å². The van der Waals surface area contributed by atoms with E-state index in [1.165, 1.54) is 0 Å². The average Bonchev–Trinajstić information content (AvgIpc) is 2.41. The topological polar surface area (TPSA) is 68.1 Å². The summed E-state index contributed by atoms with van der Waals surface area (Å²) in [6.45, 7) is 2.17. The molecule has 1 heterocycles. The number of hydrogen-bond acceptors (Lipinski definition) is 4. The number of aryl methyl sites for hydroxylation is 1. The number of nitrogens with zero attached hydrogens (tertiary/aromatic N) is 2. The van der Waals surface area contributed by atoms with Crippen LogP contribution in [0.3, 0.4) is 0 Å². The minimum absolute atomic E-state index is 0.000275. The first kappa shape index (κ1) is 15.5. The van der Waals surface area contributed by atoms with Crippen molar-refractivity contribution >= 4 is 34.7 Å². The lowest BCUT2D eigenvalue weighted by atomic mass is 10.1. The zero-order valence-electron chi connectivity index (χ0n) is 11.3. The molecule has 0 atom stereocenters. The van der Waals surface area contributed by atoms with Gasteiger partial charge in [0.2, 0.25) is 5.82 Å². The fourth-order valence-corrected chi connectivity index (χ4v) is 2.45. The van der Waals surface area contributed by atoms with Crippen LogP contribution < -0.4 is 5.32 Å². The van der Waals surface area contributed by atoms with Crippen LogP contribution in [0.15, 0.2) is 30.5 Å². The number of nitro groups is 1. The lowest BCUT2D eigenvalue weighted by Gasteiger charge is -2.08. The Bertz CT molecular complexity index is 677. The van der Waals surface area contributed by atoms with Crippen LogP contribution in [0.2, 0.25) is 10.0 Å². The van der Waals surface area contributed by atoms with Crippen LogP contribution in [0.5, 0.6) is 0 Å². The fourth-order valence-electron chi connectivity index (χ4n) is 1.95. The molecule has 0 radical (unpaired) electrons. The highest BCUT2D eigenvalue weighted by atomic mass is 35.5. The maximum absolute atomic E-state index is 11.1. The maximum atomic E-state index is 11.1. The van der Waals surface area contributed by atoms with Gasteiger partial charge in [-0.05, 0) is 37.1 Å². The predicted molar refractivity (Wildman–Crippen MR) is 84.3 cm³/mol. The SMILES string of the molecule is Cc1ccnc(NCCc2ccc(Cl)cc2Cl)c1[N+](=O)[O-]. The molecule has 0 aliphatic rings. The summed E-state index contributed by atoms with van der Waals surface area (Å²) in [5.41, 5.74) is 1.49. The lowest BCUT2D eigenvalue weighted by molar-refractivity contribution is -0.384. The molecular formula is C14H13Cl2N3O2. The number of pyridine rings is 1. The predicted octanol–water partition coefficient (Wildman–Crippen LogP) is 4.26. The molecule has 2 aromatic rings. The molecule has 7 heteroatoms. The van der Waals surface area contributed by atoms with Crippen molar-refractivity contribution in [3.05, 3.63) is 61.7 Å². The van der Waals surface area contributed by atoms with Gasteiger partial charge in [-0.3, -0.25) is 10.1 Å². The van der Waals surface area contributed by atoms with E-state index in [9.17, 15) is 10.1 Å². The molecule has 0 aliphatic carbocycles. The molecule has 0 spiro atoms. The highest BCUT2D eigenvalue weighted by Crippen LogP contribution is 2.26. The van der Waals surface area contributed by atoms with Crippen molar-refractivity contribution in [2.45, 2.75) is 13.3 Å². The molecule has 1 N–H and O–H groups in total. The normalized spacial score (nSPS) is 10.4. The first-order chi connectivity index (χ1) is 9.99. The molecule has 0 saturated carbocycles. The van der Waals surface area contributed by atoms with Crippen LogP contribution in [-0.2, 0) is 6.42 Å². The van der Waals surface area contributed by atoms with Crippen molar-refractivity contribution in [1.82, 2.24) is 4.98 Å². The Morgan fingerprint density at radius 1 is 1.33 bits per heavy atom. The zero-order valence-corrected chi connectivity index (χ0v) is 12.8. The van der Waals surface area contributed by atoms with Crippen LogP contribution in [0.25, 0.3) is 0 Å². The Balaban J connectivity index is 2.07. The third kappa shape index (κ3) is 3.83. The van der Waals surface area contributed by atoms with Crippen LogP contribution in [0.1, 0.15) is 11.1 Å². The van der Waals surface area contributed by atoms with E-state index in [1.54, 1.807) is 31.3 Å². The first-order valence-corrected chi connectivity index (χ1v) is 7.02. The number of nitrogens with one attached hydrogen (secondary N) is 1. The first-order valence-electron chi connectivity index (χ1n) is 6.27. The van der Waals surface area contributed by atoms with Gasteiger partial charge in [0.25, 0.3) is 0 Å². The Morgan fingerprint density at radius 3 is 2.76 bits per heavy atom. The van der Waals surface area contributed by atoms with Gasteiger partial charge >= 0.3 is 5.69 Å². The molecule has 0 unspecified atom stereocenters. The molecule has 1 aromatic heterocycles. The molecule has 0 saturated heterocycles. The number of benzene rings is 1. The molecular weight excluding hydrogens is 313 g/mol. The summed E-state index contributed by atoms with van der Waals surface area (Å²) in [5, 5.41) is 15.2. The molecule has 0 fully saturated rings. The molecule has 2 rings (SSSR count). The van der Waals surface area contributed by atoms with Crippen LogP contribution in [0.4, 0.5) is 11.5 Å². The highest BCUT2D eigenvalue weighted by molar-refractivity contribution is 6.35. The maximum Gasteiger partial charge on any atom is 0.314 e. The van der Waals surface area contributed by atoms with Gasteiger partial charge in [0.15, 0.2) is 0 Å². The van der Waals surface area contributed by atoms with Crippen LogP contribution in [0, 0.1) is 17.0 Å².